The number of alkyl halides is 6. The summed E-state index contributed by atoms with van der Waals surface area (Å²) in [5, 5.41) is 2.40. The van der Waals surface area contributed by atoms with Crippen molar-refractivity contribution in [3.63, 3.8) is 0 Å². The number of benzene rings is 2. The summed E-state index contributed by atoms with van der Waals surface area (Å²) in [4.78, 5) is 12.7. The Morgan fingerprint density at radius 2 is 1.69 bits per heavy atom. The number of rotatable bonds is 4. The Hall–Kier alpha value is -2.79. The minimum atomic E-state index is -4.69. The summed E-state index contributed by atoms with van der Waals surface area (Å²) in [6.45, 7) is 1.03. The fraction of sp³-hybridized carbons (Fsp3) is 0.381. The van der Waals surface area contributed by atoms with Crippen LogP contribution in [0.5, 0.6) is 5.75 Å². The van der Waals surface area contributed by atoms with Gasteiger partial charge < -0.3 is 19.5 Å². The van der Waals surface area contributed by atoms with Gasteiger partial charge in [0.25, 0.3) is 0 Å². The fourth-order valence-corrected chi connectivity index (χ4v) is 3.08. The SMILES string of the molecule is COc1ccc(NC(=O)C2(C)COC(c3cccc(C(F)(F)F)c3)OC2)cc1C(F)(F)F. The summed E-state index contributed by atoms with van der Waals surface area (Å²) < 4.78 is 93.9. The van der Waals surface area contributed by atoms with Gasteiger partial charge in [-0.25, -0.2) is 0 Å². The van der Waals surface area contributed by atoms with Crippen molar-refractivity contribution in [3.8, 4) is 5.75 Å². The van der Waals surface area contributed by atoms with Crippen molar-refractivity contribution in [1.29, 1.82) is 0 Å². The number of hydrogen-bond donors (Lipinski definition) is 1. The minimum Gasteiger partial charge on any atom is -0.496 e. The fourth-order valence-electron chi connectivity index (χ4n) is 3.08. The van der Waals surface area contributed by atoms with Crippen LogP contribution >= 0.6 is 0 Å². The van der Waals surface area contributed by atoms with Crippen molar-refractivity contribution in [2.75, 3.05) is 25.6 Å². The molecule has 32 heavy (non-hydrogen) atoms. The number of hydrogen-bond acceptors (Lipinski definition) is 4. The molecule has 0 atom stereocenters. The van der Waals surface area contributed by atoms with Gasteiger partial charge in [0.15, 0.2) is 6.29 Å². The van der Waals surface area contributed by atoms with E-state index in [1.807, 2.05) is 0 Å². The molecule has 0 aliphatic carbocycles. The number of carbonyl (C=O) groups is 1. The molecule has 1 saturated heterocycles. The molecule has 1 heterocycles. The van der Waals surface area contributed by atoms with Crippen LogP contribution in [0.15, 0.2) is 42.5 Å². The maximum atomic E-state index is 13.2. The second kappa shape index (κ2) is 8.62. The van der Waals surface area contributed by atoms with Crippen LogP contribution < -0.4 is 10.1 Å². The molecule has 0 spiro atoms. The molecule has 3 rings (SSSR count). The zero-order valence-corrected chi connectivity index (χ0v) is 16.9. The molecular formula is C21H19F6NO4. The highest BCUT2D eigenvalue weighted by atomic mass is 19.4. The average molecular weight is 463 g/mol. The first-order valence-electron chi connectivity index (χ1n) is 9.30. The molecule has 0 unspecified atom stereocenters. The van der Waals surface area contributed by atoms with Gasteiger partial charge in [0.1, 0.15) is 5.75 Å². The molecule has 1 N–H and O–H groups in total. The van der Waals surface area contributed by atoms with Crippen molar-refractivity contribution in [2.45, 2.75) is 25.6 Å². The molecule has 0 bridgehead atoms. The zero-order chi connectivity index (χ0) is 23.7. The van der Waals surface area contributed by atoms with Crippen molar-refractivity contribution in [1.82, 2.24) is 0 Å². The van der Waals surface area contributed by atoms with Crippen molar-refractivity contribution in [2.24, 2.45) is 5.41 Å². The van der Waals surface area contributed by atoms with Crippen molar-refractivity contribution < 1.29 is 45.3 Å². The van der Waals surface area contributed by atoms with E-state index in [-0.39, 0.29) is 24.5 Å². The molecular weight excluding hydrogens is 444 g/mol. The first-order valence-corrected chi connectivity index (χ1v) is 9.30. The number of ether oxygens (including phenoxy) is 3. The number of halogens is 6. The summed E-state index contributed by atoms with van der Waals surface area (Å²) in [5.41, 5.74) is -3.18. The third-order valence-corrected chi connectivity index (χ3v) is 4.90. The van der Waals surface area contributed by atoms with E-state index < -0.39 is 46.8 Å². The summed E-state index contributed by atoms with van der Waals surface area (Å²) in [6, 6.07) is 7.50. The van der Waals surface area contributed by atoms with Gasteiger partial charge in [-0.2, -0.15) is 26.3 Å². The molecule has 1 amide bonds. The lowest BCUT2D eigenvalue weighted by Crippen LogP contribution is -2.45. The summed E-state index contributed by atoms with van der Waals surface area (Å²) in [5.74, 6) is -1.06. The van der Waals surface area contributed by atoms with Crippen LogP contribution in [0, 0.1) is 5.41 Å². The predicted octanol–water partition coefficient (Wildman–Crippen LogP) is 5.42. The molecule has 5 nitrogen and oxygen atoms in total. The van der Waals surface area contributed by atoms with E-state index in [1.54, 1.807) is 0 Å². The Morgan fingerprint density at radius 3 is 2.25 bits per heavy atom. The van der Waals surface area contributed by atoms with Gasteiger partial charge in [0.05, 0.1) is 36.9 Å². The zero-order valence-electron chi connectivity index (χ0n) is 16.9. The smallest absolute Gasteiger partial charge is 0.420 e. The van der Waals surface area contributed by atoms with Gasteiger partial charge >= 0.3 is 12.4 Å². The second-order valence-corrected chi connectivity index (χ2v) is 7.50. The number of nitrogens with one attached hydrogen (secondary N) is 1. The summed E-state index contributed by atoms with van der Waals surface area (Å²) in [7, 11) is 1.10. The van der Waals surface area contributed by atoms with Gasteiger partial charge in [-0.3, -0.25) is 4.79 Å². The first-order chi connectivity index (χ1) is 14.8. The Labute approximate surface area is 179 Å². The van der Waals surface area contributed by atoms with Crippen LogP contribution in [0.2, 0.25) is 0 Å². The number of methoxy groups -OCH3 is 1. The van der Waals surface area contributed by atoms with Crippen LogP contribution in [0.1, 0.15) is 29.9 Å². The van der Waals surface area contributed by atoms with E-state index in [2.05, 4.69) is 5.32 Å². The number of anilines is 1. The van der Waals surface area contributed by atoms with Crippen LogP contribution in [0.3, 0.4) is 0 Å². The standard InChI is InChI=1S/C21H19F6NO4/c1-19(18(29)28-14-6-7-16(30-2)15(9-14)21(25,26)27)10-31-17(32-11-19)12-4-3-5-13(8-12)20(22,23)24/h3-9,17H,10-11H2,1-2H3,(H,28,29). The van der Waals surface area contributed by atoms with E-state index >= 15 is 0 Å². The average Bonchev–Trinajstić information content (AvgIpc) is 2.73. The van der Waals surface area contributed by atoms with E-state index in [9.17, 15) is 31.1 Å². The maximum Gasteiger partial charge on any atom is 0.420 e. The topological polar surface area (TPSA) is 56.8 Å². The first kappa shape index (κ1) is 23.9. The van der Waals surface area contributed by atoms with Gasteiger partial charge in [-0.1, -0.05) is 12.1 Å². The largest absolute Gasteiger partial charge is 0.496 e. The minimum absolute atomic E-state index is 0.107. The van der Waals surface area contributed by atoms with Crippen LogP contribution in [-0.2, 0) is 26.6 Å². The molecule has 1 aliphatic heterocycles. The molecule has 2 aromatic rings. The van der Waals surface area contributed by atoms with E-state index in [4.69, 9.17) is 14.2 Å². The van der Waals surface area contributed by atoms with Gasteiger partial charge in [0.2, 0.25) is 5.91 Å². The highest BCUT2D eigenvalue weighted by Gasteiger charge is 2.41. The number of amides is 1. The Morgan fingerprint density at radius 1 is 1.03 bits per heavy atom. The maximum absolute atomic E-state index is 13.2. The second-order valence-electron chi connectivity index (χ2n) is 7.50. The van der Waals surface area contributed by atoms with E-state index in [1.165, 1.54) is 25.1 Å². The van der Waals surface area contributed by atoms with Crippen LogP contribution in [0.4, 0.5) is 32.0 Å². The van der Waals surface area contributed by atoms with Gasteiger partial charge in [0, 0.05) is 11.3 Å². The molecule has 1 fully saturated rings. The van der Waals surface area contributed by atoms with Gasteiger partial charge in [-0.15, -0.1) is 0 Å². The Bertz CT molecular complexity index is 981. The molecule has 0 aromatic heterocycles. The lowest BCUT2D eigenvalue weighted by Gasteiger charge is -2.36. The lowest BCUT2D eigenvalue weighted by atomic mass is 9.90. The normalized spacial score (nSPS) is 21.8. The molecule has 11 heteroatoms. The summed E-state index contributed by atoms with van der Waals surface area (Å²) >= 11 is 0. The van der Waals surface area contributed by atoms with Crippen molar-refractivity contribution >= 4 is 11.6 Å². The molecule has 0 radical (unpaired) electrons. The van der Waals surface area contributed by atoms with Crippen molar-refractivity contribution in [3.05, 3.63) is 59.2 Å². The summed E-state index contributed by atoms with van der Waals surface area (Å²) in [6.07, 6.45) is -10.3. The monoisotopic (exact) mass is 463 g/mol. The van der Waals surface area contributed by atoms with Crippen LogP contribution in [-0.4, -0.2) is 26.2 Å². The molecule has 0 saturated carbocycles. The highest BCUT2D eigenvalue weighted by molar-refractivity contribution is 5.95. The van der Waals surface area contributed by atoms with Crippen LogP contribution in [0.25, 0.3) is 0 Å². The quantitative estimate of drug-likeness (QED) is 0.615. The third-order valence-electron chi connectivity index (χ3n) is 4.90. The predicted molar refractivity (Wildman–Crippen MR) is 101 cm³/mol. The molecule has 1 aliphatic rings. The Kier molecular flexibility index (Phi) is 6.43. The number of carbonyl (C=O) groups excluding carboxylic acids is 1. The molecule has 2 aromatic carbocycles. The van der Waals surface area contributed by atoms with Gasteiger partial charge in [-0.05, 0) is 37.3 Å². The molecule has 174 valence electrons. The third kappa shape index (κ3) is 5.16. The van der Waals surface area contributed by atoms with E-state index in [0.29, 0.717) is 0 Å². The van der Waals surface area contributed by atoms with E-state index in [0.717, 1.165) is 31.4 Å². The Balaban J connectivity index is 1.70. The highest BCUT2D eigenvalue weighted by Crippen LogP contribution is 2.39. The lowest BCUT2D eigenvalue weighted by molar-refractivity contribution is -0.226.